The third-order valence-electron chi connectivity index (χ3n) is 3.11. The fraction of sp³-hybridized carbons (Fsp3) is 0. The minimum absolute atomic E-state index is 0.200. The molecular weight excluding hydrogens is 318 g/mol. The fourth-order valence-corrected chi connectivity index (χ4v) is 3.35. The van der Waals surface area contributed by atoms with E-state index in [1.165, 1.54) is 28.8 Å². The Bertz CT molecular complexity index is 787. The van der Waals surface area contributed by atoms with E-state index in [9.17, 15) is 15.0 Å². The van der Waals surface area contributed by atoms with Gasteiger partial charge in [-0.1, -0.05) is 48.2 Å². The monoisotopic (exact) mass is 329 g/mol. The number of carbonyl (C=O) groups is 1. The first kappa shape index (κ1) is 14.6. The van der Waals surface area contributed by atoms with Crippen LogP contribution in [0.5, 0.6) is 11.5 Å². The second kappa shape index (κ2) is 5.82. The zero-order valence-electron chi connectivity index (χ0n) is 11.3. The van der Waals surface area contributed by atoms with Crippen molar-refractivity contribution in [1.82, 2.24) is 0 Å². The summed E-state index contributed by atoms with van der Waals surface area (Å²) in [5.74, 6) is -0.630. The minimum atomic E-state index is -0.229. The largest absolute Gasteiger partial charge is 0.504 e. The molecule has 0 aromatic heterocycles. The molecule has 110 valence electrons. The molecule has 1 fully saturated rings. The highest BCUT2D eigenvalue weighted by Crippen LogP contribution is 2.36. The predicted molar refractivity (Wildman–Crippen MR) is 91.9 cm³/mol. The van der Waals surface area contributed by atoms with Crippen LogP contribution < -0.4 is 4.90 Å². The van der Waals surface area contributed by atoms with Gasteiger partial charge in [-0.25, -0.2) is 0 Å². The van der Waals surface area contributed by atoms with Gasteiger partial charge in [-0.2, -0.15) is 0 Å². The van der Waals surface area contributed by atoms with E-state index in [0.717, 1.165) is 5.69 Å². The van der Waals surface area contributed by atoms with Gasteiger partial charge in [-0.15, -0.1) is 0 Å². The van der Waals surface area contributed by atoms with Crippen LogP contribution >= 0.6 is 24.0 Å². The number of anilines is 1. The Labute approximate surface area is 136 Å². The molecule has 4 nitrogen and oxygen atoms in total. The Morgan fingerprint density at radius 1 is 1.05 bits per heavy atom. The van der Waals surface area contributed by atoms with Crippen molar-refractivity contribution in [3.8, 4) is 11.5 Å². The highest BCUT2D eigenvalue weighted by molar-refractivity contribution is 8.27. The number of amides is 1. The number of phenols is 2. The first-order valence-electron chi connectivity index (χ1n) is 6.41. The third-order valence-corrected chi connectivity index (χ3v) is 4.41. The van der Waals surface area contributed by atoms with Gasteiger partial charge in [0.1, 0.15) is 0 Å². The molecule has 0 spiro atoms. The first-order valence-corrected chi connectivity index (χ1v) is 7.64. The standard InChI is InChI=1S/C16H11NO3S2/c18-12-7-6-10(8-13(12)19)9-14-15(20)17(16(21)22-14)11-4-2-1-3-5-11/h1-9,18-19H/b14-9+. The number of hydrogen-bond donors (Lipinski definition) is 2. The van der Waals surface area contributed by atoms with Gasteiger partial charge in [-0.3, -0.25) is 9.69 Å². The summed E-state index contributed by atoms with van der Waals surface area (Å²) in [4.78, 5) is 14.5. The molecule has 1 saturated heterocycles. The zero-order chi connectivity index (χ0) is 15.7. The number of rotatable bonds is 2. The maximum atomic E-state index is 12.5. The van der Waals surface area contributed by atoms with Crippen LogP contribution in [0.15, 0.2) is 53.4 Å². The maximum absolute atomic E-state index is 12.5. The zero-order valence-corrected chi connectivity index (χ0v) is 12.9. The lowest BCUT2D eigenvalue weighted by Gasteiger charge is -2.13. The van der Waals surface area contributed by atoms with Crippen molar-refractivity contribution in [1.29, 1.82) is 0 Å². The smallest absolute Gasteiger partial charge is 0.270 e. The molecule has 0 aliphatic carbocycles. The molecule has 0 saturated carbocycles. The molecule has 2 aromatic rings. The van der Waals surface area contributed by atoms with E-state index in [-0.39, 0.29) is 17.4 Å². The molecule has 1 aliphatic heterocycles. The summed E-state index contributed by atoms with van der Waals surface area (Å²) in [5.41, 5.74) is 1.34. The molecule has 1 amide bonds. The second-order valence-corrected chi connectivity index (χ2v) is 6.28. The Balaban J connectivity index is 1.93. The molecule has 0 radical (unpaired) electrons. The number of aromatic hydroxyl groups is 2. The van der Waals surface area contributed by atoms with Gasteiger partial charge in [0.2, 0.25) is 0 Å². The van der Waals surface area contributed by atoms with Crippen LogP contribution in [0, 0.1) is 0 Å². The molecular formula is C16H11NO3S2. The van der Waals surface area contributed by atoms with E-state index in [4.69, 9.17) is 12.2 Å². The van der Waals surface area contributed by atoms with E-state index in [1.807, 2.05) is 30.3 Å². The van der Waals surface area contributed by atoms with Crippen molar-refractivity contribution in [3.63, 3.8) is 0 Å². The van der Waals surface area contributed by atoms with Crippen LogP contribution in [0.25, 0.3) is 6.08 Å². The van der Waals surface area contributed by atoms with Gasteiger partial charge in [0.15, 0.2) is 15.8 Å². The van der Waals surface area contributed by atoms with Crippen molar-refractivity contribution < 1.29 is 15.0 Å². The average Bonchev–Trinajstić information content (AvgIpc) is 2.78. The van der Waals surface area contributed by atoms with Crippen LogP contribution in [-0.4, -0.2) is 20.4 Å². The van der Waals surface area contributed by atoms with Gasteiger partial charge in [0, 0.05) is 0 Å². The molecule has 1 aliphatic rings. The maximum Gasteiger partial charge on any atom is 0.270 e. The predicted octanol–water partition coefficient (Wildman–Crippen LogP) is 3.50. The van der Waals surface area contributed by atoms with Gasteiger partial charge in [0.05, 0.1) is 10.6 Å². The van der Waals surface area contributed by atoms with E-state index < -0.39 is 0 Å². The van der Waals surface area contributed by atoms with Crippen LogP contribution in [0.1, 0.15) is 5.56 Å². The van der Waals surface area contributed by atoms with Crippen molar-refractivity contribution in [2.45, 2.75) is 0 Å². The number of nitrogens with zero attached hydrogens (tertiary/aromatic N) is 1. The number of para-hydroxylation sites is 1. The summed E-state index contributed by atoms with van der Waals surface area (Å²) < 4.78 is 0.463. The Hall–Kier alpha value is -2.31. The summed E-state index contributed by atoms with van der Waals surface area (Å²) in [6.07, 6.45) is 1.64. The van der Waals surface area contributed by atoms with Crippen molar-refractivity contribution in [2.24, 2.45) is 0 Å². The summed E-state index contributed by atoms with van der Waals surface area (Å²) >= 11 is 6.48. The summed E-state index contributed by atoms with van der Waals surface area (Å²) in [6.45, 7) is 0. The van der Waals surface area contributed by atoms with E-state index in [2.05, 4.69) is 0 Å². The van der Waals surface area contributed by atoms with Gasteiger partial charge in [-0.05, 0) is 35.9 Å². The average molecular weight is 329 g/mol. The molecule has 3 rings (SSSR count). The number of thioether (sulfide) groups is 1. The lowest BCUT2D eigenvalue weighted by atomic mass is 10.2. The van der Waals surface area contributed by atoms with Crippen molar-refractivity contribution in [2.75, 3.05) is 4.90 Å². The number of benzene rings is 2. The number of thiocarbonyl (C=S) groups is 1. The highest BCUT2D eigenvalue weighted by atomic mass is 32.2. The summed E-state index contributed by atoms with van der Waals surface area (Å²) in [7, 11) is 0. The highest BCUT2D eigenvalue weighted by Gasteiger charge is 2.33. The SMILES string of the molecule is O=C1/C(=C\c2ccc(O)c(O)c2)SC(=S)N1c1ccccc1. The van der Waals surface area contributed by atoms with Gasteiger partial charge < -0.3 is 10.2 Å². The van der Waals surface area contributed by atoms with Gasteiger partial charge in [0.25, 0.3) is 5.91 Å². The van der Waals surface area contributed by atoms with Crippen LogP contribution in [0.3, 0.4) is 0 Å². The fourth-order valence-electron chi connectivity index (χ4n) is 2.05. The Kier molecular flexibility index (Phi) is 3.87. The second-order valence-electron chi connectivity index (χ2n) is 4.60. The lowest BCUT2D eigenvalue weighted by molar-refractivity contribution is -0.113. The van der Waals surface area contributed by atoms with Crippen LogP contribution in [-0.2, 0) is 4.79 Å². The van der Waals surface area contributed by atoms with Crippen molar-refractivity contribution >= 4 is 46.0 Å². The summed E-state index contributed by atoms with van der Waals surface area (Å²) in [5, 5.41) is 18.8. The lowest BCUT2D eigenvalue weighted by Crippen LogP contribution is -2.27. The minimum Gasteiger partial charge on any atom is -0.504 e. The molecule has 6 heteroatoms. The van der Waals surface area contributed by atoms with Crippen LogP contribution in [0.2, 0.25) is 0 Å². The molecule has 0 unspecified atom stereocenters. The van der Waals surface area contributed by atoms with Crippen LogP contribution in [0.4, 0.5) is 5.69 Å². The molecule has 1 heterocycles. The topological polar surface area (TPSA) is 60.8 Å². The van der Waals surface area contributed by atoms with E-state index in [1.54, 1.807) is 12.1 Å². The number of hydrogen-bond acceptors (Lipinski definition) is 5. The third kappa shape index (κ3) is 2.70. The van der Waals surface area contributed by atoms with Gasteiger partial charge >= 0.3 is 0 Å². The Morgan fingerprint density at radius 3 is 2.45 bits per heavy atom. The molecule has 2 aromatic carbocycles. The Morgan fingerprint density at radius 2 is 1.77 bits per heavy atom. The first-order chi connectivity index (χ1) is 10.6. The quantitative estimate of drug-likeness (QED) is 0.502. The molecule has 2 N–H and O–H groups in total. The number of phenolic OH excluding ortho intramolecular Hbond substituents is 2. The van der Waals surface area contributed by atoms with Crippen molar-refractivity contribution in [3.05, 3.63) is 59.0 Å². The normalized spacial score (nSPS) is 16.5. The molecule has 22 heavy (non-hydrogen) atoms. The molecule has 0 bridgehead atoms. The number of carbonyl (C=O) groups excluding carboxylic acids is 1. The molecule has 0 atom stereocenters. The summed E-state index contributed by atoms with van der Waals surface area (Å²) in [6, 6.07) is 13.6. The van der Waals surface area contributed by atoms with E-state index >= 15 is 0 Å². The van der Waals surface area contributed by atoms with E-state index in [0.29, 0.717) is 14.8 Å².